The minimum atomic E-state index is -0.548. The summed E-state index contributed by atoms with van der Waals surface area (Å²) in [6.07, 6.45) is 3.54. The van der Waals surface area contributed by atoms with Gasteiger partial charge in [-0.2, -0.15) is 0 Å². The van der Waals surface area contributed by atoms with Gasteiger partial charge >= 0.3 is 0 Å². The molecule has 0 saturated heterocycles. The van der Waals surface area contributed by atoms with E-state index in [1.807, 2.05) is 110 Å². The van der Waals surface area contributed by atoms with E-state index in [4.69, 9.17) is 9.15 Å². The molecule has 0 bridgehead atoms. The van der Waals surface area contributed by atoms with Crippen LogP contribution in [0.2, 0.25) is 0 Å². The first-order valence-electron chi connectivity index (χ1n) is 17.8. The van der Waals surface area contributed by atoms with E-state index in [-0.39, 0.29) is 11.6 Å². The lowest BCUT2D eigenvalue weighted by atomic mass is 10.1. The summed E-state index contributed by atoms with van der Waals surface area (Å²) in [5.74, 6) is 0.660. The first-order valence-corrected chi connectivity index (χ1v) is 18.6. The zero-order valence-corrected chi connectivity index (χ0v) is 30.9. The van der Waals surface area contributed by atoms with Gasteiger partial charge in [0.15, 0.2) is 0 Å². The summed E-state index contributed by atoms with van der Waals surface area (Å²) in [7, 11) is 0. The van der Waals surface area contributed by atoms with E-state index in [1.54, 1.807) is 42.5 Å². The number of aryl methyl sites for hydroxylation is 1. The molecule has 0 fully saturated rings. The second kappa shape index (κ2) is 18.4. The number of nitrogens with one attached hydrogen (secondary N) is 3. The molecule has 0 aliphatic carbocycles. The van der Waals surface area contributed by atoms with Gasteiger partial charge in [-0.3, -0.25) is 14.4 Å². The third kappa shape index (κ3) is 10.4. The van der Waals surface area contributed by atoms with E-state index < -0.39 is 17.1 Å². The van der Waals surface area contributed by atoms with Crippen molar-refractivity contribution in [2.75, 3.05) is 17.2 Å². The Hall–Kier alpha value is -6.32. The number of furan rings is 1. The van der Waals surface area contributed by atoms with Gasteiger partial charge in [0.2, 0.25) is 5.91 Å². The summed E-state index contributed by atoms with van der Waals surface area (Å²) >= 11 is 1.40. The second-order valence-electron chi connectivity index (χ2n) is 12.5. The Morgan fingerprint density at radius 1 is 0.741 bits per heavy atom. The predicted octanol–water partition coefficient (Wildman–Crippen LogP) is 10.3. The van der Waals surface area contributed by atoms with E-state index in [1.165, 1.54) is 17.8 Å². The summed E-state index contributed by atoms with van der Waals surface area (Å²) in [4.78, 5) is 41.3. The van der Waals surface area contributed by atoms with Crippen molar-refractivity contribution < 1.29 is 23.5 Å². The third-order valence-electron chi connectivity index (χ3n) is 8.37. The van der Waals surface area contributed by atoms with Crippen LogP contribution in [0.25, 0.3) is 17.4 Å². The average molecular weight is 736 g/mol. The van der Waals surface area contributed by atoms with Gasteiger partial charge in [0.25, 0.3) is 11.8 Å². The lowest BCUT2D eigenvalue weighted by molar-refractivity contribution is -0.116. The molecule has 54 heavy (non-hydrogen) atoms. The summed E-state index contributed by atoms with van der Waals surface area (Å²) < 4.78 is 11.8. The smallest absolute Gasteiger partial charge is 0.272 e. The van der Waals surface area contributed by atoms with Gasteiger partial charge in [-0.15, -0.1) is 11.8 Å². The van der Waals surface area contributed by atoms with Gasteiger partial charge in [0, 0.05) is 33.5 Å². The number of hydrogen-bond acceptors (Lipinski definition) is 6. The van der Waals surface area contributed by atoms with Crippen molar-refractivity contribution in [2.24, 2.45) is 0 Å². The van der Waals surface area contributed by atoms with E-state index in [0.29, 0.717) is 35.1 Å². The van der Waals surface area contributed by atoms with Crippen LogP contribution in [-0.2, 0) is 9.59 Å². The van der Waals surface area contributed by atoms with Gasteiger partial charge in [-0.1, -0.05) is 91.7 Å². The average Bonchev–Trinajstić information content (AvgIpc) is 3.67. The van der Waals surface area contributed by atoms with Gasteiger partial charge in [0.05, 0.1) is 6.61 Å². The number of benzene rings is 5. The Bertz CT molecular complexity index is 2180. The summed E-state index contributed by atoms with van der Waals surface area (Å²) in [5, 5.41) is 8.14. The molecule has 3 amide bonds. The van der Waals surface area contributed by atoms with Crippen molar-refractivity contribution in [3.05, 3.63) is 174 Å². The molecule has 9 heteroatoms. The minimum absolute atomic E-state index is 0.00785. The van der Waals surface area contributed by atoms with Crippen LogP contribution in [0.3, 0.4) is 0 Å². The second-order valence-corrected chi connectivity index (χ2v) is 13.7. The van der Waals surface area contributed by atoms with Gasteiger partial charge in [0.1, 0.15) is 28.2 Å². The number of thioether (sulfide) groups is 1. The van der Waals surface area contributed by atoms with Crippen LogP contribution in [0.15, 0.2) is 161 Å². The molecule has 0 radical (unpaired) electrons. The molecule has 1 atom stereocenters. The SMILES string of the molecule is CCCCOc1ccc(NC(=O)[C@@H](Sc2ccc(NC(=O)/C(=C/c3ccc(-c4ccc(C)cc4)o3)NC(=O)c3ccccc3)cc2)c2ccccc2)cc1. The highest BCUT2D eigenvalue weighted by Crippen LogP contribution is 2.37. The molecule has 0 aliphatic heterocycles. The Morgan fingerprint density at radius 3 is 2.07 bits per heavy atom. The highest BCUT2D eigenvalue weighted by molar-refractivity contribution is 8.00. The lowest BCUT2D eigenvalue weighted by Crippen LogP contribution is -2.30. The molecule has 0 aliphatic rings. The monoisotopic (exact) mass is 735 g/mol. The van der Waals surface area contributed by atoms with Crippen molar-refractivity contribution in [3.8, 4) is 17.1 Å². The molecule has 0 unspecified atom stereocenters. The first-order chi connectivity index (χ1) is 26.3. The normalized spacial score (nSPS) is 11.7. The molecular formula is C45H41N3O5S. The molecule has 0 saturated carbocycles. The predicted molar refractivity (Wildman–Crippen MR) is 216 cm³/mol. The third-order valence-corrected chi connectivity index (χ3v) is 9.64. The Labute approximate surface area is 319 Å². The maximum absolute atomic E-state index is 13.7. The quantitative estimate of drug-likeness (QED) is 0.0550. The van der Waals surface area contributed by atoms with Crippen molar-refractivity contribution in [2.45, 2.75) is 36.8 Å². The van der Waals surface area contributed by atoms with Crippen LogP contribution in [0, 0.1) is 6.92 Å². The molecule has 1 heterocycles. The van der Waals surface area contributed by atoms with Crippen LogP contribution < -0.4 is 20.7 Å². The number of anilines is 2. The van der Waals surface area contributed by atoms with Gasteiger partial charge in [-0.05, 0) is 91.7 Å². The van der Waals surface area contributed by atoms with Crippen LogP contribution >= 0.6 is 11.8 Å². The number of carbonyl (C=O) groups excluding carboxylic acids is 3. The standard InChI is InChI=1S/C45H41N3O5S/c1-3-4-29-52-37-23-19-35(20-24-37)47-45(51)42(33-11-7-5-8-12-33)54-39-26-21-36(22-27-39)46-44(50)40(48-43(49)34-13-9-6-10-14-34)30-38-25-28-41(53-38)32-17-15-31(2)16-18-32/h5-28,30,42H,3-4,29H2,1-2H3,(H,46,50)(H,47,51)(H,48,49)/b40-30-/t42-/m0/s1. The number of unbranched alkanes of at least 4 members (excludes halogenated alkanes) is 1. The molecule has 6 aromatic rings. The van der Waals surface area contributed by atoms with Crippen molar-refractivity contribution in [1.29, 1.82) is 0 Å². The number of carbonyl (C=O) groups is 3. The maximum atomic E-state index is 13.7. The number of rotatable bonds is 15. The summed E-state index contributed by atoms with van der Waals surface area (Å²) in [6, 6.07) is 44.4. The zero-order chi connectivity index (χ0) is 37.7. The number of hydrogen-bond donors (Lipinski definition) is 3. The fraction of sp³-hybridized carbons (Fsp3) is 0.133. The lowest BCUT2D eigenvalue weighted by Gasteiger charge is -2.18. The fourth-order valence-corrected chi connectivity index (χ4v) is 6.44. The molecule has 1 aromatic heterocycles. The van der Waals surface area contributed by atoms with E-state index >= 15 is 0 Å². The Kier molecular flexibility index (Phi) is 12.8. The van der Waals surface area contributed by atoms with Crippen molar-refractivity contribution >= 4 is 46.9 Å². The molecule has 6 rings (SSSR count). The topological polar surface area (TPSA) is 110 Å². The largest absolute Gasteiger partial charge is 0.494 e. The van der Waals surface area contributed by atoms with Crippen molar-refractivity contribution in [1.82, 2.24) is 5.32 Å². The van der Waals surface area contributed by atoms with Crippen LogP contribution in [0.5, 0.6) is 5.75 Å². The Balaban J connectivity index is 1.16. The molecule has 0 spiro atoms. The van der Waals surface area contributed by atoms with E-state index in [0.717, 1.165) is 40.2 Å². The highest BCUT2D eigenvalue weighted by atomic mass is 32.2. The fourth-order valence-electron chi connectivity index (χ4n) is 5.42. The minimum Gasteiger partial charge on any atom is -0.494 e. The zero-order valence-electron chi connectivity index (χ0n) is 30.1. The van der Waals surface area contributed by atoms with Crippen LogP contribution in [-0.4, -0.2) is 24.3 Å². The van der Waals surface area contributed by atoms with Crippen LogP contribution in [0.4, 0.5) is 11.4 Å². The van der Waals surface area contributed by atoms with Gasteiger partial charge < -0.3 is 25.1 Å². The Morgan fingerprint density at radius 2 is 1.39 bits per heavy atom. The van der Waals surface area contributed by atoms with Gasteiger partial charge in [-0.25, -0.2) is 0 Å². The summed E-state index contributed by atoms with van der Waals surface area (Å²) in [5.41, 5.74) is 4.47. The molecule has 3 N–H and O–H groups in total. The highest BCUT2D eigenvalue weighted by Gasteiger charge is 2.23. The van der Waals surface area contributed by atoms with E-state index in [2.05, 4.69) is 22.9 Å². The van der Waals surface area contributed by atoms with E-state index in [9.17, 15) is 14.4 Å². The van der Waals surface area contributed by atoms with Crippen LogP contribution in [0.1, 0.15) is 52.3 Å². The summed E-state index contributed by atoms with van der Waals surface area (Å²) in [6.45, 7) is 4.78. The first kappa shape index (κ1) is 37.4. The molecule has 8 nitrogen and oxygen atoms in total. The number of ether oxygens (including phenoxy) is 1. The van der Waals surface area contributed by atoms with Crippen molar-refractivity contribution in [3.63, 3.8) is 0 Å². The molecular weight excluding hydrogens is 695 g/mol. The molecule has 272 valence electrons. The molecule has 5 aromatic carbocycles. The maximum Gasteiger partial charge on any atom is 0.272 e. The number of amides is 3.